The van der Waals surface area contributed by atoms with Crippen LogP contribution >= 0.6 is 0 Å². The van der Waals surface area contributed by atoms with Gasteiger partial charge < -0.3 is 9.64 Å². The van der Waals surface area contributed by atoms with E-state index in [1.165, 1.54) is 31.1 Å². The SMILES string of the molecule is O=C(c1ccc2ccccc2c1)N1CCCC2(CCN2CC2CCCO2)C1. The topological polar surface area (TPSA) is 32.8 Å². The van der Waals surface area contributed by atoms with Gasteiger partial charge in [0.05, 0.1) is 6.10 Å². The monoisotopic (exact) mass is 364 g/mol. The Bertz CT molecular complexity index is 845. The molecule has 2 aromatic rings. The maximum Gasteiger partial charge on any atom is 0.253 e. The van der Waals surface area contributed by atoms with Crippen molar-refractivity contribution in [3.05, 3.63) is 48.0 Å². The van der Waals surface area contributed by atoms with E-state index >= 15 is 0 Å². The molecule has 0 N–H and O–H groups in total. The zero-order valence-corrected chi connectivity index (χ0v) is 15.9. The quantitative estimate of drug-likeness (QED) is 0.833. The Morgan fingerprint density at radius 3 is 2.74 bits per heavy atom. The third-order valence-electron chi connectivity index (χ3n) is 6.80. The average Bonchev–Trinajstić information content (AvgIpc) is 3.24. The second kappa shape index (κ2) is 6.92. The summed E-state index contributed by atoms with van der Waals surface area (Å²) in [6, 6.07) is 14.3. The Hall–Kier alpha value is -1.91. The summed E-state index contributed by atoms with van der Waals surface area (Å²) in [6.07, 6.45) is 6.29. The molecule has 2 aromatic carbocycles. The number of rotatable bonds is 3. The molecule has 3 saturated heterocycles. The lowest BCUT2D eigenvalue weighted by Crippen LogP contribution is -2.68. The van der Waals surface area contributed by atoms with Crippen LogP contribution in [0.2, 0.25) is 0 Å². The lowest BCUT2D eigenvalue weighted by Gasteiger charge is -2.57. The standard InChI is InChI=1S/C23H28N2O2/c26-22(20-9-8-18-5-1-2-6-19(18)15-20)24-12-4-10-23(17-24)11-13-25(23)16-21-7-3-14-27-21/h1-2,5-6,8-9,15,21H,3-4,7,10-14,16-17H2. The minimum Gasteiger partial charge on any atom is -0.377 e. The summed E-state index contributed by atoms with van der Waals surface area (Å²) in [5.41, 5.74) is 1.01. The first-order chi connectivity index (χ1) is 13.2. The highest BCUT2D eigenvalue weighted by Crippen LogP contribution is 2.39. The molecular weight excluding hydrogens is 336 g/mol. The van der Waals surface area contributed by atoms with Crippen molar-refractivity contribution < 1.29 is 9.53 Å². The molecule has 2 atom stereocenters. The van der Waals surface area contributed by atoms with Crippen LogP contribution in [0.15, 0.2) is 42.5 Å². The van der Waals surface area contributed by atoms with E-state index < -0.39 is 0 Å². The second-order valence-electron chi connectivity index (χ2n) is 8.45. The van der Waals surface area contributed by atoms with Crippen molar-refractivity contribution in [1.29, 1.82) is 0 Å². The Kier molecular flexibility index (Phi) is 4.41. The van der Waals surface area contributed by atoms with Crippen molar-refractivity contribution in [3.63, 3.8) is 0 Å². The summed E-state index contributed by atoms with van der Waals surface area (Å²) in [5, 5.41) is 2.32. The van der Waals surface area contributed by atoms with Crippen LogP contribution in [0.1, 0.15) is 42.5 Å². The van der Waals surface area contributed by atoms with Gasteiger partial charge in [-0.15, -0.1) is 0 Å². The molecule has 0 saturated carbocycles. The first kappa shape index (κ1) is 17.2. The fourth-order valence-electron chi connectivity index (χ4n) is 5.16. The van der Waals surface area contributed by atoms with Gasteiger partial charge in [0.1, 0.15) is 0 Å². The van der Waals surface area contributed by atoms with Gasteiger partial charge in [-0.25, -0.2) is 0 Å². The molecule has 142 valence electrons. The number of amides is 1. The Balaban J connectivity index is 1.31. The molecule has 2 unspecified atom stereocenters. The Labute approximate surface area is 161 Å². The largest absolute Gasteiger partial charge is 0.377 e. The maximum absolute atomic E-state index is 13.2. The van der Waals surface area contributed by atoms with Crippen molar-refractivity contribution in [2.45, 2.75) is 43.7 Å². The van der Waals surface area contributed by atoms with Gasteiger partial charge in [0.2, 0.25) is 0 Å². The molecule has 3 aliphatic heterocycles. The summed E-state index contributed by atoms with van der Waals surface area (Å²) in [6.45, 7) is 4.85. The third-order valence-corrected chi connectivity index (χ3v) is 6.80. The molecule has 4 heteroatoms. The molecule has 0 aliphatic carbocycles. The highest BCUT2D eigenvalue weighted by molar-refractivity contribution is 5.98. The number of ether oxygens (including phenoxy) is 1. The van der Waals surface area contributed by atoms with E-state index in [0.29, 0.717) is 6.10 Å². The lowest BCUT2D eigenvalue weighted by atomic mass is 9.77. The number of benzene rings is 2. The minimum atomic E-state index is 0.184. The Morgan fingerprint density at radius 2 is 1.96 bits per heavy atom. The van der Waals surface area contributed by atoms with Gasteiger partial charge in [-0.1, -0.05) is 30.3 Å². The molecule has 3 heterocycles. The molecule has 3 fully saturated rings. The molecule has 4 nitrogen and oxygen atoms in total. The molecule has 0 aromatic heterocycles. The van der Waals surface area contributed by atoms with Crippen LogP contribution < -0.4 is 0 Å². The van der Waals surface area contributed by atoms with E-state index in [2.05, 4.69) is 28.0 Å². The third kappa shape index (κ3) is 3.15. The number of likely N-dealkylation sites (tertiary alicyclic amines) is 2. The van der Waals surface area contributed by atoms with Gasteiger partial charge in [-0.2, -0.15) is 0 Å². The molecule has 1 amide bonds. The van der Waals surface area contributed by atoms with E-state index in [-0.39, 0.29) is 11.4 Å². The zero-order chi connectivity index (χ0) is 18.3. The molecule has 1 spiro atoms. The second-order valence-corrected chi connectivity index (χ2v) is 8.45. The first-order valence-electron chi connectivity index (χ1n) is 10.4. The van der Waals surface area contributed by atoms with Crippen molar-refractivity contribution >= 4 is 16.7 Å². The van der Waals surface area contributed by atoms with Crippen LogP contribution in [0.25, 0.3) is 10.8 Å². The van der Waals surface area contributed by atoms with Gasteiger partial charge in [0.15, 0.2) is 0 Å². The van der Waals surface area contributed by atoms with E-state index in [0.717, 1.165) is 50.2 Å². The number of hydrogen-bond acceptors (Lipinski definition) is 3. The maximum atomic E-state index is 13.2. The van der Waals surface area contributed by atoms with E-state index in [1.54, 1.807) is 0 Å². The van der Waals surface area contributed by atoms with Crippen molar-refractivity contribution in [3.8, 4) is 0 Å². The minimum absolute atomic E-state index is 0.184. The molecule has 27 heavy (non-hydrogen) atoms. The number of fused-ring (bicyclic) bond motifs is 1. The van der Waals surface area contributed by atoms with Gasteiger partial charge in [-0.3, -0.25) is 9.69 Å². The number of carbonyl (C=O) groups excluding carboxylic acids is 1. The smallest absolute Gasteiger partial charge is 0.253 e. The fraction of sp³-hybridized carbons (Fsp3) is 0.522. The summed E-state index contributed by atoms with van der Waals surface area (Å²) in [4.78, 5) is 17.9. The molecule has 0 radical (unpaired) electrons. The van der Waals surface area contributed by atoms with Crippen LogP contribution in [0.5, 0.6) is 0 Å². The van der Waals surface area contributed by atoms with Crippen LogP contribution in [0, 0.1) is 0 Å². The predicted octanol–water partition coefficient (Wildman–Crippen LogP) is 3.70. The van der Waals surface area contributed by atoms with Crippen LogP contribution in [0.3, 0.4) is 0 Å². The van der Waals surface area contributed by atoms with E-state index in [9.17, 15) is 4.79 Å². The summed E-state index contributed by atoms with van der Waals surface area (Å²) < 4.78 is 5.86. The number of nitrogens with zero attached hydrogens (tertiary/aromatic N) is 2. The number of hydrogen-bond donors (Lipinski definition) is 0. The fourth-order valence-corrected chi connectivity index (χ4v) is 5.16. The Morgan fingerprint density at radius 1 is 1.07 bits per heavy atom. The summed E-state index contributed by atoms with van der Waals surface area (Å²) in [7, 11) is 0. The average molecular weight is 364 g/mol. The number of carbonyl (C=O) groups is 1. The normalized spacial score (nSPS) is 28.6. The van der Waals surface area contributed by atoms with Crippen molar-refractivity contribution in [2.24, 2.45) is 0 Å². The summed E-state index contributed by atoms with van der Waals surface area (Å²) in [5.74, 6) is 0.184. The summed E-state index contributed by atoms with van der Waals surface area (Å²) >= 11 is 0. The van der Waals surface area contributed by atoms with Crippen LogP contribution in [-0.4, -0.2) is 60.1 Å². The number of piperidine rings is 1. The predicted molar refractivity (Wildman–Crippen MR) is 107 cm³/mol. The zero-order valence-electron chi connectivity index (χ0n) is 15.9. The first-order valence-corrected chi connectivity index (χ1v) is 10.4. The highest BCUT2D eigenvalue weighted by atomic mass is 16.5. The van der Waals surface area contributed by atoms with Crippen LogP contribution in [-0.2, 0) is 4.74 Å². The van der Waals surface area contributed by atoms with Crippen LogP contribution in [0.4, 0.5) is 0 Å². The van der Waals surface area contributed by atoms with Crippen molar-refractivity contribution in [2.75, 3.05) is 32.8 Å². The van der Waals surface area contributed by atoms with Gasteiger partial charge in [0.25, 0.3) is 5.91 Å². The van der Waals surface area contributed by atoms with Gasteiger partial charge in [0, 0.05) is 43.9 Å². The molecule has 0 bridgehead atoms. The lowest BCUT2D eigenvalue weighted by molar-refractivity contribution is -0.0806. The highest BCUT2D eigenvalue weighted by Gasteiger charge is 2.48. The van der Waals surface area contributed by atoms with Gasteiger partial charge in [-0.05, 0) is 55.0 Å². The van der Waals surface area contributed by atoms with Gasteiger partial charge >= 0.3 is 0 Å². The molecule has 3 aliphatic rings. The molecule has 5 rings (SSSR count). The molecular formula is C23H28N2O2. The van der Waals surface area contributed by atoms with Crippen molar-refractivity contribution in [1.82, 2.24) is 9.80 Å². The van der Waals surface area contributed by atoms with E-state index in [4.69, 9.17) is 4.74 Å². The van der Waals surface area contributed by atoms with E-state index in [1.807, 2.05) is 24.3 Å².